The molecule has 1 aromatic carbocycles. The number of aliphatic hydroxyl groups excluding tert-OH is 1. The van der Waals surface area contributed by atoms with Crippen LogP contribution in [0.5, 0.6) is 0 Å². The van der Waals surface area contributed by atoms with Gasteiger partial charge in [-0.1, -0.05) is 93.9 Å². The van der Waals surface area contributed by atoms with E-state index >= 15 is 0 Å². The summed E-state index contributed by atoms with van der Waals surface area (Å²) in [5.41, 5.74) is 20.2. The van der Waals surface area contributed by atoms with Gasteiger partial charge < -0.3 is 66.7 Å². The molecule has 3 fully saturated rings. The van der Waals surface area contributed by atoms with Gasteiger partial charge >= 0.3 is 23.9 Å². The second-order valence-corrected chi connectivity index (χ2v) is 17.2. The highest BCUT2D eigenvalue weighted by atomic mass is 16.8. The summed E-state index contributed by atoms with van der Waals surface area (Å²) >= 11 is 0. The van der Waals surface area contributed by atoms with Crippen molar-refractivity contribution >= 4 is 23.9 Å². The van der Waals surface area contributed by atoms with Crippen molar-refractivity contribution in [2.75, 3.05) is 39.6 Å². The van der Waals surface area contributed by atoms with Crippen LogP contribution >= 0.6 is 0 Å². The highest BCUT2D eigenvalue weighted by Crippen LogP contribution is 2.38. The number of carbonyl (C=O) groups is 4. The summed E-state index contributed by atoms with van der Waals surface area (Å²) in [7, 11) is 0. The minimum absolute atomic E-state index is 0.0898. The number of carbonyl (C=O) groups excluding carboxylic acids is 4. The van der Waals surface area contributed by atoms with Crippen LogP contribution in [0.2, 0.25) is 0 Å². The van der Waals surface area contributed by atoms with Crippen molar-refractivity contribution in [2.24, 2.45) is 10.2 Å². The predicted molar refractivity (Wildman–Crippen MR) is 247 cm³/mol. The highest BCUT2D eigenvalue weighted by Gasteiger charge is 2.58. The summed E-state index contributed by atoms with van der Waals surface area (Å²) < 4.78 is 80.9. The Bertz CT molecular complexity index is 1880. The van der Waals surface area contributed by atoms with Gasteiger partial charge in [0.15, 0.2) is 25.0 Å². The van der Waals surface area contributed by atoms with Crippen molar-refractivity contribution < 1.29 is 85.9 Å². The monoisotopic (exact) mass is 1010 g/mol. The van der Waals surface area contributed by atoms with E-state index in [1.54, 1.807) is 30.3 Å². The lowest BCUT2D eigenvalue weighted by Gasteiger charge is -2.50. The second-order valence-electron chi connectivity index (χ2n) is 17.2. The minimum Gasteiger partial charge on any atom is -0.463 e. The molecule has 0 bridgehead atoms. The zero-order valence-corrected chi connectivity index (χ0v) is 41.7. The molecular formula is C47H72N6O18. The van der Waals surface area contributed by atoms with Gasteiger partial charge in [0.05, 0.1) is 6.10 Å². The number of hydrogen-bond acceptors (Lipinski definition) is 20. The molecule has 9 unspecified atom stereocenters. The molecule has 0 aromatic heterocycles. The molecule has 0 amide bonds. The SMILES string of the molecule is CCCCOC1C(COC(C)=O)OC(OC2C(C(=O)OCc3ccccc3)OC(O[C@@H]3C(COC(C)=O)OC(O)[C@@H](N=[N+]=[N-])C3OC(C)=O)[C@@H](OCCCC)[C@H]2OCCCC)[C@@H](N=[N+]=[N-])[C@@H]1OCCCC. The molecule has 0 aliphatic carbocycles. The summed E-state index contributed by atoms with van der Waals surface area (Å²) in [6.45, 7) is 11.0. The van der Waals surface area contributed by atoms with E-state index in [0.717, 1.165) is 26.7 Å². The predicted octanol–water partition coefficient (Wildman–Crippen LogP) is 5.82. The molecule has 398 valence electrons. The van der Waals surface area contributed by atoms with Gasteiger partial charge in [-0.15, -0.1) is 0 Å². The first-order chi connectivity index (χ1) is 34.3. The molecular weight excluding hydrogens is 937 g/mol. The van der Waals surface area contributed by atoms with Crippen molar-refractivity contribution in [3.8, 4) is 0 Å². The fourth-order valence-corrected chi connectivity index (χ4v) is 8.03. The van der Waals surface area contributed by atoms with Gasteiger partial charge in [-0.3, -0.25) is 14.4 Å². The van der Waals surface area contributed by atoms with Crippen LogP contribution in [0, 0.1) is 0 Å². The molecule has 71 heavy (non-hydrogen) atoms. The lowest BCUT2D eigenvalue weighted by Crippen LogP contribution is -2.68. The molecule has 3 aliphatic heterocycles. The van der Waals surface area contributed by atoms with E-state index in [1.165, 1.54) is 6.92 Å². The average molecular weight is 1010 g/mol. The highest BCUT2D eigenvalue weighted by molar-refractivity contribution is 5.76. The number of esters is 4. The molecule has 3 heterocycles. The van der Waals surface area contributed by atoms with E-state index in [0.29, 0.717) is 44.1 Å². The maximum Gasteiger partial charge on any atom is 0.338 e. The minimum atomic E-state index is -1.86. The fraction of sp³-hybridized carbons (Fsp3) is 0.787. The van der Waals surface area contributed by atoms with Crippen LogP contribution in [-0.4, -0.2) is 161 Å². The number of rotatable bonds is 30. The molecule has 15 atom stereocenters. The first-order valence-electron chi connectivity index (χ1n) is 24.5. The second kappa shape index (κ2) is 31.7. The molecule has 24 heteroatoms. The van der Waals surface area contributed by atoms with Crippen molar-refractivity contribution in [3.63, 3.8) is 0 Å². The molecule has 3 saturated heterocycles. The molecule has 0 spiro atoms. The van der Waals surface area contributed by atoms with E-state index in [-0.39, 0.29) is 39.6 Å². The third-order valence-corrected chi connectivity index (χ3v) is 11.6. The average Bonchev–Trinajstić information content (AvgIpc) is 3.34. The summed E-state index contributed by atoms with van der Waals surface area (Å²) in [6.07, 6.45) is -13.2. The van der Waals surface area contributed by atoms with Crippen molar-refractivity contribution in [3.05, 3.63) is 56.8 Å². The lowest BCUT2D eigenvalue weighted by atomic mass is 9.94. The smallest absolute Gasteiger partial charge is 0.338 e. The molecule has 0 saturated carbocycles. The van der Waals surface area contributed by atoms with E-state index in [4.69, 9.17) is 61.6 Å². The third kappa shape index (κ3) is 18.1. The van der Waals surface area contributed by atoms with Gasteiger partial charge in [-0.05, 0) is 42.3 Å². The Labute approximate surface area is 414 Å². The number of nitrogens with zero attached hydrogens (tertiary/aromatic N) is 6. The van der Waals surface area contributed by atoms with Gasteiger partial charge in [0.1, 0.15) is 80.7 Å². The lowest BCUT2D eigenvalue weighted by molar-refractivity contribution is -0.369. The molecule has 1 aromatic rings. The van der Waals surface area contributed by atoms with E-state index in [2.05, 4.69) is 20.1 Å². The van der Waals surface area contributed by atoms with Crippen molar-refractivity contribution in [1.82, 2.24) is 0 Å². The fourth-order valence-electron chi connectivity index (χ4n) is 8.03. The van der Waals surface area contributed by atoms with E-state index in [9.17, 15) is 35.3 Å². The number of ether oxygens (including phenoxy) is 13. The first kappa shape index (κ1) is 58.9. The topological polar surface area (TPSA) is 306 Å². The standard InChI is InChI=1S/C47H72N6O18/c1-8-12-21-59-36-32(26-63-28(5)54)68-46(35(51-53-49)38(36)60-22-13-9-2)70-41-40(61-23-14-10-3)43(62-24-15-11-4)47(71-42(41)45(58)65-25-31-19-17-16-18-20-31)69-37-33(27-64-29(6)55)67-44(57)34(50-52-48)39(37)66-30(7)56/h16-20,32-44,46-47,57H,8-15,21-27H2,1-7H3/t32?,33?,34-,35-,36?,37+,38-,39?,40-,41?,42?,43-,44?,46?,47?/m0/s1. The van der Waals surface area contributed by atoms with Gasteiger partial charge in [-0.2, -0.15) is 0 Å². The Morgan fingerprint density at radius 3 is 1.62 bits per heavy atom. The molecule has 4 rings (SSSR count). The largest absolute Gasteiger partial charge is 0.463 e. The maximum atomic E-state index is 14.8. The Balaban J connectivity index is 1.93. The van der Waals surface area contributed by atoms with Gasteiger partial charge in [0, 0.05) is 57.0 Å². The molecule has 0 radical (unpaired) electrons. The van der Waals surface area contributed by atoms with Crippen LogP contribution in [0.15, 0.2) is 40.6 Å². The summed E-state index contributed by atoms with van der Waals surface area (Å²) in [5.74, 6) is -3.15. The third-order valence-electron chi connectivity index (χ3n) is 11.6. The summed E-state index contributed by atoms with van der Waals surface area (Å²) in [5, 5.41) is 18.8. The molecule has 1 N–H and O–H groups in total. The maximum absolute atomic E-state index is 14.8. The van der Waals surface area contributed by atoms with Crippen LogP contribution in [-0.2, 0) is 87.4 Å². The van der Waals surface area contributed by atoms with Gasteiger partial charge in [-0.25, -0.2) is 4.79 Å². The number of aliphatic hydroxyl groups is 1. The van der Waals surface area contributed by atoms with Crippen molar-refractivity contribution in [1.29, 1.82) is 0 Å². The molecule has 3 aliphatic rings. The number of hydrogen-bond donors (Lipinski definition) is 1. The number of azide groups is 2. The van der Waals surface area contributed by atoms with Gasteiger partial charge in [0.2, 0.25) is 0 Å². The van der Waals surface area contributed by atoms with Crippen LogP contribution in [0.4, 0.5) is 0 Å². The van der Waals surface area contributed by atoms with Crippen molar-refractivity contribution in [2.45, 2.75) is 198 Å². The number of benzene rings is 1. The summed E-state index contributed by atoms with van der Waals surface area (Å²) in [4.78, 5) is 57.8. The Hall–Kier alpha value is -4.68. The Morgan fingerprint density at radius 1 is 0.577 bits per heavy atom. The Morgan fingerprint density at radius 2 is 1.08 bits per heavy atom. The molecule has 24 nitrogen and oxygen atoms in total. The quantitative estimate of drug-likeness (QED) is 0.0237. The van der Waals surface area contributed by atoms with Crippen LogP contribution in [0.25, 0.3) is 20.9 Å². The van der Waals surface area contributed by atoms with E-state index in [1.807, 2.05) is 27.7 Å². The summed E-state index contributed by atoms with van der Waals surface area (Å²) in [6, 6.07) is 5.97. The van der Waals surface area contributed by atoms with Crippen LogP contribution in [0.1, 0.15) is 105 Å². The Kier molecular flexibility index (Phi) is 26.3. The van der Waals surface area contributed by atoms with Gasteiger partial charge in [0.25, 0.3) is 0 Å². The normalized spacial score (nSPS) is 30.5. The number of unbranched alkanes of at least 4 members (excludes halogenated alkanes) is 4. The zero-order valence-electron chi connectivity index (χ0n) is 41.7. The zero-order chi connectivity index (χ0) is 51.7. The van der Waals surface area contributed by atoms with Crippen LogP contribution in [0.3, 0.4) is 0 Å². The first-order valence-corrected chi connectivity index (χ1v) is 24.5. The van der Waals surface area contributed by atoms with Crippen LogP contribution < -0.4 is 0 Å². The van der Waals surface area contributed by atoms with E-state index < -0.39 is 122 Å².